The van der Waals surface area contributed by atoms with Crippen molar-refractivity contribution in [2.75, 3.05) is 26.5 Å². The summed E-state index contributed by atoms with van der Waals surface area (Å²) in [5.74, 6) is 1.49. The first kappa shape index (κ1) is 23.1. The van der Waals surface area contributed by atoms with Gasteiger partial charge in [0.2, 0.25) is 11.1 Å². The molecule has 0 aliphatic carbocycles. The monoisotopic (exact) mass is 527 g/mol. The van der Waals surface area contributed by atoms with Crippen LogP contribution in [0, 0.1) is 0 Å². The van der Waals surface area contributed by atoms with E-state index in [1.165, 1.54) is 11.8 Å². The van der Waals surface area contributed by atoms with Crippen LogP contribution in [0.4, 0.5) is 0 Å². The Kier molecular flexibility index (Phi) is 7.46. The quantitative estimate of drug-likeness (QED) is 0.328. The normalized spacial score (nSPS) is 10.9. The van der Waals surface area contributed by atoms with Crippen LogP contribution in [0.15, 0.2) is 64.2 Å². The van der Waals surface area contributed by atoms with Gasteiger partial charge in [0, 0.05) is 16.6 Å². The molecular weight excluding hydrogens is 506 g/mol. The van der Waals surface area contributed by atoms with E-state index < -0.39 is 0 Å². The summed E-state index contributed by atoms with van der Waals surface area (Å²) in [5.41, 5.74) is 3.47. The average Bonchev–Trinajstić information content (AvgIpc) is 3.25. The zero-order chi connectivity index (χ0) is 23.2. The highest BCUT2D eigenvalue weighted by atomic mass is 79.9. The molecule has 10 heteroatoms. The molecule has 1 amide bonds. The molecule has 0 radical (unpaired) electrons. The maximum absolute atomic E-state index is 12.3. The molecule has 2 aromatic carbocycles. The van der Waals surface area contributed by atoms with Gasteiger partial charge in [-0.25, -0.2) is 0 Å². The molecule has 0 bridgehead atoms. The van der Waals surface area contributed by atoms with Crippen molar-refractivity contribution in [3.63, 3.8) is 0 Å². The third-order valence-electron chi connectivity index (χ3n) is 4.89. The molecule has 0 atom stereocenters. The number of hydrogen-bond acceptors (Lipinski definition) is 7. The molecule has 0 saturated carbocycles. The van der Waals surface area contributed by atoms with E-state index in [1.54, 1.807) is 18.7 Å². The number of nitrogens with zero attached hydrogens (tertiary/aromatic N) is 4. The van der Waals surface area contributed by atoms with Gasteiger partial charge in [-0.2, -0.15) is 9.61 Å². The lowest BCUT2D eigenvalue weighted by molar-refractivity contribution is -0.118. The third-order valence-corrected chi connectivity index (χ3v) is 6.34. The molecule has 4 aromatic rings. The summed E-state index contributed by atoms with van der Waals surface area (Å²) in [4.78, 5) is 12.3. The van der Waals surface area contributed by atoms with E-state index in [0.717, 1.165) is 21.3 Å². The van der Waals surface area contributed by atoms with Gasteiger partial charge in [-0.3, -0.25) is 4.79 Å². The Labute approximate surface area is 203 Å². The van der Waals surface area contributed by atoms with Crippen LogP contribution >= 0.6 is 27.7 Å². The standard InChI is InChI=1S/C23H22BrN5O3S/c1-31-19-9-3-15(13-20(19)32-2)11-12-25-22(30)14-33-23-27-26-21-10-8-18(28-29(21)23)16-4-6-17(24)7-5-16/h3-10,13H,11-12,14H2,1-2H3,(H,25,30). The number of rotatable bonds is 9. The number of halogens is 1. The number of nitrogens with one attached hydrogen (secondary N) is 1. The Balaban J connectivity index is 1.34. The van der Waals surface area contributed by atoms with E-state index in [1.807, 2.05) is 54.6 Å². The molecule has 33 heavy (non-hydrogen) atoms. The van der Waals surface area contributed by atoms with Crippen LogP contribution in [0.3, 0.4) is 0 Å². The van der Waals surface area contributed by atoms with Gasteiger partial charge in [0.25, 0.3) is 0 Å². The summed E-state index contributed by atoms with van der Waals surface area (Å²) in [6.45, 7) is 0.515. The number of fused-ring (bicyclic) bond motifs is 1. The fourth-order valence-electron chi connectivity index (χ4n) is 3.20. The van der Waals surface area contributed by atoms with Crippen molar-refractivity contribution < 1.29 is 14.3 Å². The fourth-order valence-corrected chi connectivity index (χ4v) is 4.18. The van der Waals surface area contributed by atoms with E-state index in [0.29, 0.717) is 35.3 Å². The van der Waals surface area contributed by atoms with E-state index in [-0.39, 0.29) is 11.7 Å². The number of carbonyl (C=O) groups is 1. The Morgan fingerprint density at radius 1 is 1.03 bits per heavy atom. The molecule has 2 aromatic heterocycles. The van der Waals surface area contributed by atoms with Crippen molar-refractivity contribution in [3.05, 3.63) is 64.6 Å². The van der Waals surface area contributed by atoms with E-state index >= 15 is 0 Å². The second kappa shape index (κ2) is 10.7. The summed E-state index contributed by atoms with van der Waals surface area (Å²) in [5, 5.41) is 16.5. The molecule has 4 rings (SSSR count). The lowest BCUT2D eigenvalue weighted by Crippen LogP contribution is -2.27. The summed E-state index contributed by atoms with van der Waals surface area (Å²) in [6.07, 6.45) is 0.683. The van der Waals surface area contributed by atoms with Crippen molar-refractivity contribution in [1.82, 2.24) is 25.1 Å². The van der Waals surface area contributed by atoms with Gasteiger partial charge in [0.1, 0.15) is 0 Å². The zero-order valence-electron chi connectivity index (χ0n) is 18.1. The van der Waals surface area contributed by atoms with Crippen LogP contribution in [0.25, 0.3) is 16.9 Å². The van der Waals surface area contributed by atoms with E-state index in [4.69, 9.17) is 9.47 Å². The molecule has 2 heterocycles. The van der Waals surface area contributed by atoms with Crippen LogP contribution in [-0.4, -0.2) is 52.2 Å². The highest BCUT2D eigenvalue weighted by Gasteiger charge is 2.12. The maximum Gasteiger partial charge on any atom is 0.230 e. The van der Waals surface area contributed by atoms with Crippen LogP contribution < -0.4 is 14.8 Å². The van der Waals surface area contributed by atoms with Crippen molar-refractivity contribution in [2.24, 2.45) is 0 Å². The number of carbonyl (C=O) groups excluding carboxylic acids is 1. The van der Waals surface area contributed by atoms with Gasteiger partial charge in [-0.15, -0.1) is 10.2 Å². The van der Waals surface area contributed by atoms with E-state index in [9.17, 15) is 4.79 Å². The topological polar surface area (TPSA) is 90.6 Å². The highest BCUT2D eigenvalue weighted by molar-refractivity contribution is 9.10. The number of aromatic nitrogens is 4. The molecule has 0 aliphatic rings. The van der Waals surface area contributed by atoms with Gasteiger partial charge in [-0.1, -0.05) is 45.9 Å². The second-order valence-corrected chi connectivity index (χ2v) is 8.91. The summed E-state index contributed by atoms with van der Waals surface area (Å²) in [7, 11) is 3.21. The lowest BCUT2D eigenvalue weighted by atomic mass is 10.1. The number of hydrogen-bond donors (Lipinski definition) is 1. The maximum atomic E-state index is 12.3. The van der Waals surface area contributed by atoms with Crippen LogP contribution in [0.2, 0.25) is 0 Å². The first-order chi connectivity index (χ1) is 16.1. The minimum atomic E-state index is -0.0821. The summed E-state index contributed by atoms with van der Waals surface area (Å²) >= 11 is 4.74. The lowest BCUT2D eigenvalue weighted by Gasteiger charge is -2.10. The highest BCUT2D eigenvalue weighted by Crippen LogP contribution is 2.27. The number of benzene rings is 2. The first-order valence-corrected chi connectivity index (χ1v) is 11.9. The molecule has 0 saturated heterocycles. The molecule has 0 aliphatic heterocycles. The molecule has 0 unspecified atom stereocenters. The smallest absolute Gasteiger partial charge is 0.230 e. The Morgan fingerprint density at radius 3 is 2.58 bits per heavy atom. The summed E-state index contributed by atoms with van der Waals surface area (Å²) < 4.78 is 13.2. The van der Waals surface area contributed by atoms with Gasteiger partial charge in [0.15, 0.2) is 17.1 Å². The Hall–Kier alpha value is -3.11. The number of ether oxygens (including phenoxy) is 2. The predicted molar refractivity (Wildman–Crippen MR) is 131 cm³/mol. The van der Waals surface area contributed by atoms with Gasteiger partial charge < -0.3 is 14.8 Å². The SMILES string of the molecule is COc1ccc(CCNC(=O)CSc2nnc3ccc(-c4ccc(Br)cc4)nn23)cc1OC. The summed E-state index contributed by atoms with van der Waals surface area (Å²) in [6, 6.07) is 17.4. The van der Waals surface area contributed by atoms with Crippen molar-refractivity contribution in [1.29, 1.82) is 0 Å². The van der Waals surface area contributed by atoms with Crippen molar-refractivity contribution in [2.45, 2.75) is 11.6 Å². The van der Waals surface area contributed by atoms with Gasteiger partial charge in [0.05, 0.1) is 25.7 Å². The van der Waals surface area contributed by atoms with E-state index in [2.05, 4.69) is 36.5 Å². The Bertz CT molecular complexity index is 1260. The molecule has 1 N–H and O–H groups in total. The number of thioether (sulfide) groups is 1. The molecular formula is C23H22BrN5O3S. The molecule has 8 nitrogen and oxygen atoms in total. The van der Waals surface area contributed by atoms with Crippen LogP contribution in [0.1, 0.15) is 5.56 Å². The van der Waals surface area contributed by atoms with Gasteiger partial charge >= 0.3 is 0 Å². The third kappa shape index (κ3) is 5.63. The average molecular weight is 528 g/mol. The minimum absolute atomic E-state index is 0.0821. The largest absolute Gasteiger partial charge is 0.493 e. The predicted octanol–water partition coefficient (Wildman–Crippen LogP) is 4.02. The zero-order valence-corrected chi connectivity index (χ0v) is 20.5. The van der Waals surface area contributed by atoms with Crippen molar-refractivity contribution in [3.8, 4) is 22.8 Å². The Morgan fingerprint density at radius 2 is 1.82 bits per heavy atom. The first-order valence-electron chi connectivity index (χ1n) is 10.2. The van der Waals surface area contributed by atoms with Crippen LogP contribution in [0.5, 0.6) is 11.5 Å². The fraction of sp³-hybridized carbons (Fsp3) is 0.217. The molecule has 170 valence electrons. The van der Waals surface area contributed by atoms with Crippen molar-refractivity contribution >= 4 is 39.2 Å². The number of amides is 1. The van der Waals surface area contributed by atoms with Gasteiger partial charge in [-0.05, 0) is 48.4 Å². The van der Waals surface area contributed by atoms with Crippen LogP contribution in [-0.2, 0) is 11.2 Å². The second-order valence-electron chi connectivity index (χ2n) is 7.06. The minimum Gasteiger partial charge on any atom is -0.493 e. The molecule has 0 fully saturated rings. The molecule has 0 spiro atoms. The number of methoxy groups -OCH3 is 2.